The lowest BCUT2D eigenvalue weighted by molar-refractivity contribution is 0.101. The lowest BCUT2D eigenvalue weighted by atomic mass is 9.96. The summed E-state index contributed by atoms with van der Waals surface area (Å²) in [6.45, 7) is 7.79. The second-order valence-corrected chi connectivity index (χ2v) is 6.02. The van der Waals surface area contributed by atoms with Crippen LogP contribution < -0.4 is 5.32 Å². The molecule has 0 aliphatic carbocycles. The van der Waals surface area contributed by atoms with Crippen LogP contribution >= 0.6 is 11.3 Å². The highest BCUT2D eigenvalue weighted by atomic mass is 32.1. The Hall–Kier alpha value is -1.83. The summed E-state index contributed by atoms with van der Waals surface area (Å²) in [7, 11) is 0. The Bertz CT molecular complexity index is 567. The van der Waals surface area contributed by atoms with E-state index in [4.69, 9.17) is 0 Å². The molecule has 0 saturated carbocycles. The Kier molecular flexibility index (Phi) is 3.12. The quantitative estimate of drug-likeness (QED) is 0.859. The molecule has 0 atom stereocenters. The number of aromatic nitrogens is 5. The van der Waals surface area contributed by atoms with Gasteiger partial charge in [-0.2, -0.15) is 0 Å². The van der Waals surface area contributed by atoms with Gasteiger partial charge in [-0.25, -0.2) is 4.98 Å². The average molecular weight is 266 g/mol. The molecule has 0 fully saturated rings. The third-order valence-electron chi connectivity index (χ3n) is 2.15. The largest absolute Gasteiger partial charge is 0.297 e. The van der Waals surface area contributed by atoms with Gasteiger partial charge in [0.15, 0.2) is 0 Å². The van der Waals surface area contributed by atoms with E-state index in [9.17, 15) is 4.79 Å². The fourth-order valence-corrected chi connectivity index (χ4v) is 1.79. The van der Waals surface area contributed by atoms with E-state index in [1.54, 1.807) is 0 Å². The first-order valence-corrected chi connectivity index (χ1v) is 6.22. The number of carbonyl (C=O) groups excluding carboxylic acids is 1. The van der Waals surface area contributed by atoms with Crippen molar-refractivity contribution in [1.29, 1.82) is 0 Å². The van der Waals surface area contributed by atoms with Crippen LogP contribution in [0.2, 0.25) is 0 Å². The summed E-state index contributed by atoms with van der Waals surface area (Å²) in [6.07, 6.45) is 0. The van der Waals surface area contributed by atoms with Gasteiger partial charge in [0.2, 0.25) is 11.0 Å². The maximum absolute atomic E-state index is 11.8. The fourth-order valence-electron chi connectivity index (χ4n) is 1.20. The molecule has 0 aliphatic heterocycles. The number of hydrogen-bond donors (Lipinski definition) is 2. The Morgan fingerprint density at radius 1 is 1.33 bits per heavy atom. The minimum Gasteiger partial charge on any atom is -0.294 e. The van der Waals surface area contributed by atoms with E-state index in [0.717, 1.165) is 5.01 Å². The SMILES string of the molecule is Cc1nnc(NC(=O)c2n[nH]c(C(C)(C)C)n2)s1. The minimum atomic E-state index is -0.391. The first-order valence-electron chi connectivity index (χ1n) is 5.40. The maximum atomic E-state index is 11.8. The summed E-state index contributed by atoms with van der Waals surface area (Å²) < 4.78 is 0. The zero-order valence-corrected chi connectivity index (χ0v) is 11.4. The van der Waals surface area contributed by atoms with Crippen molar-refractivity contribution < 1.29 is 4.79 Å². The lowest BCUT2D eigenvalue weighted by Gasteiger charge is -2.12. The van der Waals surface area contributed by atoms with Crippen LogP contribution in [0.15, 0.2) is 0 Å². The number of aromatic amines is 1. The third kappa shape index (κ3) is 2.70. The van der Waals surface area contributed by atoms with Crippen molar-refractivity contribution in [1.82, 2.24) is 25.4 Å². The van der Waals surface area contributed by atoms with E-state index in [2.05, 4.69) is 30.7 Å². The first kappa shape index (κ1) is 12.6. The molecule has 8 heteroatoms. The second kappa shape index (κ2) is 4.45. The molecule has 0 radical (unpaired) electrons. The topological polar surface area (TPSA) is 96.5 Å². The molecular weight excluding hydrogens is 252 g/mol. The smallest absolute Gasteiger partial charge is 0.294 e. The number of hydrogen-bond acceptors (Lipinski definition) is 6. The van der Waals surface area contributed by atoms with Crippen molar-refractivity contribution in [3.8, 4) is 0 Å². The molecule has 7 nitrogen and oxygen atoms in total. The molecular formula is C10H14N6OS. The highest BCUT2D eigenvalue weighted by Crippen LogP contribution is 2.18. The molecule has 0 aliphatic rings. The Balaban J connectivity index is 2.12. The second-order valence-electron chi connectivity index (χ2n) is 4.84. The molecule has 0 saturated heterocycles. The molecule has 2 rings (SSSR count). The predicted octanol–water partition coefficient (Wildman–Crippen LogP) is 1.51. The van der Waals surface area contributed by atoms with Crippen molar-refractivity contribution in [3.05, 3.63) is 16.7 Å². The van der Waals surface area contributed by atoms with E-state index < -0.39 is 5.91 Å². The Labute approximate surface area is 108 Å². The van der Waals surface area contributed by atoms with E-state index in [1.807, 2.05) is 27.7 Å². The van der Waals surface area contributed by atoms with Crippen molar-refractivity contribution >= 4 is 22.4 Å². The van der Waals surface area contributed by atoms with Gasteiger partial charge in [-0.1, -0.05) is 32.1 Å². The number of nitrogens with one attached hydrogen (secondary N) is 2. The standard InChI is InChI=1S/C10H14N6OS/c1-5-13-16-9(18-5)12-7(17)6-11-8(15-14-6)10(2,3)4/h1-4H3,(H,11,14,15)(H,12,16,17). The monoisotopic (exact) mass is 266 g/mol. The zero-order valence-electron chi connectivity index (χ0n) is 10.6. The molecule has 1 amide bonds. The van der Waals surface area contributed by atoms with E-state index >= 15 is 0 Å². The minimum absolute atomic E-state index is 0.104. The van der Waals surface area contributed by atoms with Crippen LogP contribution in [0.5, 0.6) is 0 Å². The van der Waals surface area contributed by atoms with Crippen LogP contribution in [0, 0.1) is 6.92 Å². The molecule has 2 heterocycles. The van der Waals surface area contributed by atoms with Crippen LogP contribution in [0.1, 0.15) is 42.2 Å². The van der Waals surface area contributed by atoms with Gasteiger partial charge < -0.3 is 0 Å². The molecule has 0 bridgehead atoms. The van der Waals surface area contributed by atoms with Crippen LogP contribution in [0.25, 0.3) is 0 Å². The van der Waals surface area contributed by atoms with Gasteiger partial charge in [-0.15, -0.1) is 15.3 Å². The normalized spacial score (nSPS) is 11.6. The van der Waals surface area contributed by atoms with Gasteiger partial charge in [0, 0.05) is 5.41 Å². The molecule has 0 spiro atoms. The van der Waals surface area contributed by atoms with Crippen molar-refractivity contribution in [2.45, 2.75) is 33.1 Å². The number of rotatable bonds is 2. The summed E-state index contributed by atoms with van der Waals surface area (Å²) in [5.74, 6) is 0.381. The van der Waals surface area contributed by atoms with Crippen LogP contribution in [-0.2, 0) is 5.41 Å². The third-order valence-corrected chi connectivity index (χ3v) is 2.90. The maximum Gasteiger partial charge on any atom is 0.297 e. The van der Waals surface area contributed by atoms with Gasteiger partial charge in [0.1, 0.15) is 10.8 Å². The van der Waals surface area contributed by atoms with Crippen LogP contribution in [-0.4, -0.2) is 31.3 Å². The van der Waals surface area contributed by atoms with Gasteiger partial charge in [0.05, 0.1) is 0 Å². The number of carbonyl (C=O) groups is 1. The van der Waals surface area contributed by atoms with E-state index in [0.29, 0.717) is 11.0 Å². The molecule has 2 aromatic heterocycles. The van der Waals surface area contributed by atoms with Crippen LogP contribution in [0.4, 0.5) is 5.13 Å². The highest BCUT2D eigenvalue weighted by molar-refractivity contribution is 7.15. The van der Waals surface area contributed by atoms with Crippen molar-refractivity contribution in [3.63, 3.8) is 0 Å². The molecule has 0 unspecified atom stereocenters. The summed E-state index contributed by atoms with van der Waals surface area (Å²) in [6, 6.07) is 0. The van der Waals surface area contributed by atoms with Crippen molar-refractivity contribution in [2.75, 3.05) is 5.32 Å². The molecule has 2 aromatic rings. The summed E-state index contributed by atoms with van der Waals surface area (Å²) in [5.41, 5.74) is -0.176. The Morgan fingerprint density at radius 3 is 2.56 bits per heavy atom. The number of anilines is 1. The van der Waals surface area contributed by atoms with Gasteiger partial charge in [0.25, 0.3) is 5.91 Å². The number of aryl methyl sites for hydroxylation is 1. The summed E-state index contributed by atoms with van der Waals surface area (Å²) in [5, 5.41) is 18.1. The molecule has 18 heavy (non-hydrogen) atoms. The van der Waals surface area contributed by atoms with E-state index in [1.165, 1.54) is 11.3 Å². The highest BCUT2D eigenvalue weighted by Gasteiger charge is 2.21. The molecule has 2 N–H and O–H groups in total. The number of amides is 1. The Morgan fingerprint density at radius 2 is 2.06 bits per heavy atom. The van der Waals surface area contributed by atoms with Gasteiger partial charge in [-0.3, -0.25) is 15.2 Å². The molecule has 96 valence electrons. The average Bonchev–Trinajstić information content (AvgIpc) is 2.85. The van der Waals surface area contributed by atoms with Gasteiger partial charge >= 0.3 is 0 Å². The molecule has 0 aromatic carbocycles. The fraction of sp³-hybridized carbons (Fsp3) is 0.500. The van der Waals surface area contributed by atoms with Gasteiger partial charge in [-0.05, 0) is 6.92 Å². The summed E-state index contributed by atoms with van der Waals surface area (Å²) >= 11 is 1.30. The van der Waals surface area contributed by atoms with Crippen LogP contribution in [0.3, 0.4) is 0 Å². The van der Waals surface area contributed by atoms with E-state index in [-0.39, 0.29) is 11.2 Å². The van der Waals surface area contributed by atoms with Crippen molar-refractivity contribution in [2.24, 2.45) is 0 Å². The predicted molar refractivity (Wildman–Crippen MR) is 67.7 cm³/mol. The first-order chi connectivity index (χ1) is 8.36. The number of nitrogens with zero attached hydrogens (tertiary/aromatic N) is 4. The number of H-pyrrole nitrogens is 1. The lowest BCUT2D eigenvalue weighted by Crippen LogP contribution is -2.16. The summed E-state index contributed by atoms with van der Waals surface area (Å²) in [4.78, 5) is 16.0. The zero-order chi connectivity index (χ0) is 13.3.